The Morgan fingerprint density at radius 1 is 1.23 bits per heavy atom. The first-order valence-corrected chi connectivity index (χ1v) is 7.94. The molecule has 120 valence electrons. The molecule has 6 nitrogen and oxygen atoms in total. The molecule has 1 aliphatic rings. The van der Waals surface area contributed by atoms with Gasteiger partial charge in [-0.2, -0.15) is 0 Å². The van der Waals surface area contributed by atoms with Gasteiger partial charge in [0.05, 0.1) is 19.3 Å². The highest BCUT2D eigenvalue weighted by atomic mass is 16.4. The van der Waals surface area contributed by atoms with Gasteiger partial charge < -0.3 is 8.98 Å². The Kier molecular flexibility index (Phi) is 3.80. The van der Waals surface area contributed by atoms with E-state index >= 15 is 0 Å². The highest BCUT2D eigenvalue weighted by Crippen LogP contribution is 2.24. The molecule has 3 heterocycles. The predicted octanol–water partition coefficient (Wildman–Crippen LogP) is 2.70. The van der Waals surface area contributed by atoms with Gasteiger partial charge in [0.1, 0.15) is 17.4 Å². The molecule has 0 saturated carbocycles. The van der Waals surface area contributed by atoms with Gasteiger partial charge >= 0.3 is 0 Å². The summed E-state index contributed by atoms with van der Waals surface area (Å²) in [4.78, 5) is 6.73. The Bertz CT molecular complexity index is 650. The Morgan fingerprint density at radius 2 is 2.00 bits per heavy atom. The van der Waals surface area contributed by atoms with Crippen LogP contribution in [0, 0.1) is 0 Å². The summed E-state index contributed by atoms with van der Waals surface area (Å²) in [6, 6.07) is 0. The number of rotatable bonds is 3. The lowest BCUT2D eigenvalue weighted by molar-refractivity contribution is 0.185. The van der Waals surface area contributed by atoms with Gasteiger partial charge in [0, 0.05) is 24.4 Å². The first-order valence-electron chi connectivity index (χ1n) is 7.94. The maximum atomic E-state index is 5.89. The van der Waals surface area contributed by atoms with Crippen LogP contribution in [-0.2, 0) is 25.0 Å². The third-order valence-corrected chi connectivity index (χ3v) is 4.03. The second-order valence-electron chi connectivity index (χ2n) is 7.36. The molecule has 0 fully saturated rings. The molecule has 0 radical (unpaired) electrons. The van der Waals surface area contributed by atoms with E-state index in [1.54, 1.807) is 0 Å². The summed E-state index contributed by atoms with van der Waals surface area (Å²) in [5.41, 5.74) is -0.000507. The fourth-order valence-corrected chi connectivity index (χ4v) is 2.71. The summed E-state index contributed by atoms with van der Waals surface area (Å²) in [6.45, 7) is 14.1. The normalized spacial score (nSPS) is 16.3. The molecule has 0 unspecified atom stereocenters. The summed E-state index contributed by atoms with van der Waals surface area (Å²) >= 11 is 0. The minimum atomic E-state index is -0.000507. The summed E-state index contributed by atoms with van der Waals surface area (Å²) in [6.07, 6.45) is 1.85. The van der Waals surface area contributed by atoms with Gasteiger partial charge in [-0.1, -0.05) is 34.6 Å². The van der Waals surface area contributed by atoms with Gasteiger partial charge in [0.2, 0.25) is 5.89 Å². The quantitative estimate of drug-likeness (QED) is 0.872. The number of fused-ring (bicyclic) bond motifs is 1. The van der Waals surface area contributed by atoms with Crippen molar-refractivity contribution in [2.45, 2.75) is 65.6 Å². The van der Waals surface area contributed by atoms with Crippen LogP contribution < -0.4 is 0 Å². The van der Waals surface area contributed by atoms with E-state index in [1.807, 2.05) is 6.20 Å². The van der Waals surface area contributed by atoms with Crippen molar-refractivity contribution in [2.24, 2.45) is 0 Å². The topological polar surface area (TPSA) is 60.0 Å². The number of hydrogen-bond acceptors (Lipinski definition) is 5. The van der Waals surface area contributed by atoms with Crippen molar-refractivity contribution >= 4 is 0 Å². The van der Waals surface area contributed by atoms with E-state index in [2.05, 4.69) is 59.3 Å². The Labute approximate surface area is 131 Å². The number of oxazole rings is 1. The van der Waals surface area contributed by atoms with E-state index in [9.17, 15) is 0 Å². The molecule has 0 bridgehead atoms. The molecular formula is C16H25N5O. The van der Waals surface area contributed by atoms with Gasteiger partial charge in [-0.25, -0.2) is 4.98 Å². The Morgan fingerprint density at radius 3 is 2.64 bits per heavy atom. The van der Waals surface area contributed by atoms with Crippen LogP contribution in [0.1, 0.15) is 63.8 Å². The molecule has 0 N–H and O–H groups in total. The Balaban J connectivity index is 1.69. The molecule has 1 aliphatic heterocycles. The molecule has 0 amide bonds. The molecular weight excluding hydrogens is 278 g/mol. The lowest BCUT2D eigenvalue weighted by Crippen LogP contribution is -2.34. The zero-order valence-corrected chi connectivity index (χ0v) is 14.1. The minimum Gasteiger partial charge on any atom is -0.444 e. The van der Waals surface area contributed by atoms with Gasteiger partial charge in [0.25, 0.3) is 0 Å². The van der Waals surface area contributed by atoms with Crippen LogP contribution in [-0.4, -0.2) is 31.2 Å². The highest BCUT2D eigenvalue weighted by Gasteiger charge is 2.24. The van der Waals surface area contributed by atoms with Crippen LogP contribution in [0.25, 0.3) is 0 Å². The van der Waals surface area contributed by atoms with E-state index in [0.717, 1.165) is 49.5 Å². The van der Waals surface area contributed by atoms with Crippen molar-refractivity contribution in [1.82, 2.24) is 24.6 Å². The van der Waals surface area contributed by atoms with Crippen LogP contribution in [0.15, 0.2) is 10.6 Å². The van der Waals surface area contributed by atoms with Crippen LogP contribution in [0.3, 0.4) is 0 Å². The van der Waals surface area contributed by atoms with Gasteiger partial charge in [-0.05, 0) is 0 Å². The standard InChI is InChI=1S/C16H25N5O/c1-11(2)15-19-18-13-9-20(6-7-21(13)15)10-14-17-8-12(22-14)16(3,4)5/h8,11H,6-7,9-10H2,1-5H3. The van der Waals surface area contributed by atoms with E-state index in [1.165, 1.54) is 0 Å². The molecule has 0 aliphatic carbocycles. The maximum absolute atomic E-state index is 5.89. The van der Waals surface area contributed by atoms with Crippen molar-refractivity contribution in [1.29, 1.82) is 0 Å². The fourth-order valence-electron chi connectivity index (χ4n) is 2.71. The molecule has 0 spiro atoms. The van der Waals surface area contributed by atoms with E-state index in [0.29, 0.717) is 5.92 Å². The minimum absolute atomic E-state index is 0.000507. The van der Waals surface area contributed by atoms with Crippen molar-refractivity contribution in [2.75, 3.05) is 6.54 Å². The van der Waals surface area contributed by atoms with Crippen molar-refractivity contribution in [3.8, 4) is 0 Å². The second kappa shape index (κ2) is 5.50. The van der Waals surface area contributed by atoms with Crippen molar-refractivity contribution < 1.29 is 4.42 Å². The summed E-state index contributed by atoms with van der Waals surface area (Å²) in [7, 11) is 0. The number of hydrogen-bond donors (Lipinski definition) is 0. The first kappa shape index (κ1) is 15.2. The van der Waals surface area contributed by atoms with Crippen LogP contribution in [0.2, 0.25) is 0 Å². The molecule has 0 aromatic carbocycles. The molecule has 0 saturated heterocycles. The highest BCUT2D eigenvalue weighted by molar-refractivity contribution is 5.07. The van der Waals surface area contributed by atoms with Crippen molar-refractivity contribution in [3.63, 3.8) is 0 Å². The first-order chi connectivity index (χ1) is 10.3. The monoisotopic (exact) mass is 303 g/mol. The lowest BCUT2D eigenvalue weighted by Gasteiger charge is -2.27. The van der Waals surface area contributed by atoms with Crippen LogP contribution >= 0.6 is 0 Å². The SMILES string of the molecule is CC(C)c1nnc2n1CCN(Cc1ncc(C(C)(C)C)o1)C2. The zero-order valence-electron chi connectivity index (χ0n) is 14.1. The number of aromatic nitrogens is 4. The molecule has 22 heavy (non-hydrogen) atoms. The molecule has 6 heteroatoms. The van der Waals surface area contributed by atoms with Crippen LogP contribution in [0.5, 0.6) is 0 Å². The lowest BCUT2D eigenvalue weighted by atomic mass is 9.94. The molecule has 0 atom stereocenters. The van der Waals surface area contributed by atoms with Gasteiger partial charge in [-0.15, -0.1) is 10.2 Å². The largest absolute Gasteiger partial charge is 0.444 e. The summed E-state index contributed by atoms with van der Waals surface area (Å²) in [5.74, 6) is 4.25. The van der Waals surface area contributed by atoms with Crippen molar-refractivity contribution in [3.05, 3.63) is 29.5 Å². The summed E-state index contributed by atoms with van der Waals surface area (Å²) < 4.78 is 8.13. The van der Waals surface area contributed by atoms with Gasteiger partial charge in [0.15, 0.2) is 0 Å². The van der Waals surface area contributed by atoms with Crippen LogP contribution in [0.4, 0.5) is 0 Å². The molecule has 2 aromatic rings. The zero-order chi connectivity index (χ0) is 15.9. The smallest absolute Gasteiger partial charge is 0.208 e. The van der Waals surface area contributed by atoms with E-state index in [-0.39, 0.29) is 5.41 Å². The third kappa shape index (κ3) is 2.92. The second-order valence-corrected chi connectivity index (χ2v) is 7.36. The Hall–Kier alpha value is -1.69. The predicted molar refractivity (Wildman–Crippen MR) is 83.4 cm³/mol. The summed E-state index contributed by atoms with van der Waals surface area (Å²) in [5, 5.41) is 8.66. The molecule has 2 aromatic heterocycles. The van der Waals surface area contributed by atoms with E-state index in [4.69, 9.17) is 4.42 Å². The van der Waals surface area contributed by atoms with E-state index < -0.39 is 0 Å². The third-order valence-electron chi connectivity index (χ3n) is 4.03. The maximum Gasteiger partial charge on any atom is 0.208 e. The number of nitrogens with zero attached hydrogens (tertiary/aromatic N) is 5. The fraction of sp³-hybridized carbons (Fsp3) is 0.688. The average Bonchev–Trinajstić information content (AvgIpc) is 3.03. The average molecular weight is 303 g/mol. The van der Waals surface area contributed by atoms with Gasteiger partial charge in [-0.3, -0.25) is 4.90 Å². The molecule has 3 rings (SSSR count).